The molecule has 0 spiro atoms. The Kier molecular flexibility index (Phi) is 5.73. The lowest BCUT2D eigenvalue weighted by atomic mass is 9.92. The maximum Gasteiger partial charge on any atom is 0.328 e. The molecule has 2 aromatic carbocycles. The summed E-state index contributed by atoms with van der Waals surface area (Å²) in [5, 5.41) is 35.1. The standard InChI is InChI=1S/C21H20N2O6/c1-29-14-5-2-12(3-6-14)20(28)19(21-22-8-9-23-21)15-11-17(25)16(24)10-13(15)4-7-18(26)27/h2-7,10-11,22-25H,8-9H2,1H3,(H,26,27)/b7-4+. The van der Waals surface area contributed by atoms with E-state index in [2.05, 4.69) is 10.6 Å². The molecule has 8 nitrogen and oxygen atoms in total. The van der Waals surface area contributed by atoms with Crippen molar-refractivity contribution in [2.24, 2.45) is 0 Å². The molecule has 0 radical (unpaired) electrons. The maximum atomic E-state index is 13.4. The summed E-state index contributed by atoms with van der Waals surface area (Å²) >= 11 is 0. The van der Waals surface area contributed by atoms with Crippen LogP contribution in [0, 0.1) is 0 Å². The first-order valence-corrected chi connectivity index (χ1v) is 8.79. The Bertz CT molecular complexity index is 1000. The highest BCUT2D eigenvalue weighted by molar-refractivity contribution is 6.30. The molecule has 8 heteroatoms. The molecule has 3 rings (SSSR count). The lowest BCUT2D eigenvalue weighted by molar-refractivity contribution is -0.131. The molecule has 0 atom stereocenters. The average Bonchev–Trinajstić information content (AvgIpc) is 3.23. The van der Waals surface area contributed by atoms with E-state index in [4.69, 9.17) is 9.84 Å². The van der Waals surface area contributed by atoms with Gasteiger partial charge < -0.3 is 30.7 Å². The quantitative estimate of drug-likeness (QED) is 0.285. The number of benzene rings is 2. The van der Waals surface area contributed by atoms with Crippen molar-refractivity contribution in [3.63, 3.8) is 0 Å². The second kappa shape index (κ2) is 8.39. The van der Waals surface area contributed by atoms with Crippen LogP contribution in [0.25, 0.3) is 11.6 Å². The summed E-state index contributed by atoms with van der Waals surface area (Å²) in [5.74, 6) is -1.32. The molecule has 150 valence electrons. The van der Waals surface area contributed by atoms with Gasteiger partial charge in [-0.2, -0.15) is 0 Å². The molecular weight excluding hydrogens is 376 g/mol. The van der Waals surface area contributed by atoms with Crippen LogP contribution in [0.15, 0.2) is 48.3 Å². The molecule has 2 aromatic rings. The Morgan fingerprint density at radius 2 is 1.66 bits per heavy atom. The van der Waals surface area contributed by atoms with Gasteiger partial charge in [0.1, 0.15) is 11.6 Å². The number of carbonyl (C=O) groups is 2. The largest absolute Gasteiger partial charge is 0.504 e. The first-order valence-electron chi connectivity index (χ1n) is 8.79. The van der Waals surface area contributed by atoms with Gasteiger partial charge in [-0.25, -0.2) is 4.79 Å². The first-order chi connectivity index (χ1) is 13.9. The number of methoxy groups -OCH3 is 1. The lowest BCUT2D eigenvalue weighted by Crippen LogP contribution is -2.18. The van der Waals surface area contributed by atoms with Crippen LogP contribution >= 0.6 is 0 Å². The Balaban J connectivity index is 2.18. The number of aliphatic carboxylic acids is 1. The fourth-order valence-corrected chi connectivity index (χ4v) is 2.98. The van der Waals surface area contributed by atoms with Crippen molar-refractivity contribution < 1.29 is 29.6 Å². The van der Waals surface area contributed by atoms with E-state index in [1.165, 1.54) is 25.3 Å². The average molecular weight is 396 g/mol. The molecule has 1 aliphatic heterocycles. The molecule has 0 saturated carbocycles. The monoisotopic (exact) mass is 396 g/mol. The second-order valence-corrected chi connectivity index (χ2v) is 6.26. The Morgan fingerprint density at radius 1 is 1.03 bits per heavy atom. The third kappa shape index (κ3) is 4.32. The molecule has 1 saturated heterocycles. The third-order valence-electron chi connectivity index (χ3n) is 4.38. The van der Waals surface area contributed by atoms with E-state index in [-0.39, 0.29) is 22.5 Å². The molecule has 1 fully saturated rings. The van der Waals surface area contributed by atoms with Gasteiger partial charge in [0.05, 0.1) is 12.7 Å². The van der Waals surface area contributed by atoms with E-state index in [0.29, 0.717) is 30.2 Å². The van der Waals surface area contributed by atoms with E-state index >= 15 is 0 Å². The van der Waals surface area contributed by atoms with Gasteiger partial charge >= 0.3 is 5.97 Å². The topological polar surface area (TPSA) is 128 Å². The summed E-state index contributed by atoms with van der Waals surface area (Å²) in [5.41, 5.74) is 1.13. The van der Waals surface area contributed by atoms with Gasteiger partial charge in [0.25, 0.3) is 0 Å². The molecule has 0 aromatic heterocycles. The van der Waals surface area contributed by atoms with Crippen LogP contribution in [-0.4, -0.2) is 47.3 Å². The molecule has 29 heavy (non-hydrogen) atoms. The summed E-state index contributed by atoms with van der Waals surface area (Å²) in [4.78, 5) is 24.3. The predicted molar refractivity (Wildman–Crippen MR) is 107 cm³/mol. The second-order valence-electron chi connectivity index (χ2n) is 6.26. The number of ketones is 1. The van der Waals surface area contributed by atoms with Crippen molar-refractivity contribution in [1.82, 2.24) is 10.6 Å². The highest BCUT2D eigenvalue weighted by Crippen LogP contribution is 2.35. The highest BCUT2D eigenvalue weighted by Gasteiger charge is 2.25. The molecule has 1 heterocycles. The van der Waals surface area contributed by atoms with Crippen LogP contribution in [0.5, 0.6) is 17.2 Å². The predicted octanol–water partition coefficient (Wildman–Crippen LogP) is 1.95. The van der Waals surface area contributed by atoms with E-state index < -0.39 is 17.5 Å². The maximum absolute atomic E-state index is 13.4. The van der Waals surface area contributed by atoms with Gasteiger partial charge in [-0.05, 0) is 48.0 Å². The van der Waals surface area contributed by atoms with Gasteiger partial charge in [0, 0.05) is 30.3 Å². The van der Waals surface area contributed by atoms with Crippen molar-refractivity contribution in [3.05, 3.63) is 65.0 Å². The van der Waals surface area contributed by atoms with Gasteiger partial charge in [-0.3, -0.25) is 4.79 Å². The molecule has 0 aliphatic carbocycles. The van der Waals surface area contributed by atoms with Crippen LogP contribution in [0.2, 0.25) is 0 Å². The first kappa shape index (κ1) is 19.8. The van der Waals surface area contributed by atoms with E-state index in [1.54, 1.807) is 24.3 Å². The van der Waals surface area contributed by atoms with Gasteiger partial charge in [0.15, 0.2) is 17.3 Å². The van der Waals surface area contributed by atoms with Crippen LogP contribution < -0.4 is 15.4 Å². The molecule has 0 bridgehead atoms. The molecule has 0 amide bonds. The van der Waals surface area contributed by atoms with Crippen molar-refractivity contribution in [2.45, 2.75) is 0 Å². The number of carboxylic acids is 1. The Hall–Kier alpha value is -3.94. The van der Waals surface area contributed by atoms with E-state index in [9.17, 15) is 19.8 Å². The molecule has 1 aliphatic rings. The number of phenols is 2. The summed E-state index contributed by atoms with van der Waals surface area (Å²) in [6.07, 6.45) is 2.15. The zero-order chi connectivity index (χ0) is 21.0. The zero-order valence-corrected chi connectivity index (χ0v) is 15.6. The molecule has 5 N–H and O–H groups in total. The summed E-state index contributed by atoms with van der Waals surface area (Å²) < 4.78 is 5.12. The SMILES string of the molecule is COc1ccc(C(=O)C(=C2NCCN2)c2cc(O)c(O)cc2/C=C/C(=O)O)cc1. The van der Waals surface area contributed by atoms with Gasteiger partial charge in [-0.15, -0.1) is 0 Å². The number of carbonyl (C=O) groups excluding carboxylic acids is 1. The van der Waals surface area contributed by atoms with Crippen molar-refractivity contribution >= 4 is 23.4 Å². The number of aromatic hydroxyl groups is 2. The fraction of sp³-hybridized carbons (Fsp3) is 0.143. The number of nitrogens with one attached hydrogen (secondary N) is 2. The van der Waals surface area contributed by atoms with E-state index in [1.807, 2.05) is 0 Å². The lowest BCUT2D eigenvalue weighted by Gasteiger charge is -2.15. The van der Waals surface area contributed by atoms with Gasteiger partial charge in [-0.1, -0.05) is 0 Å². The van der Waals surface area contributed by atoms with E-state index in [0.717, 1.165) is 6.08 Å². The number of Topliss-reactive ketones (excluding diaryl/α,β-unsaturated/α-hetero) is 1. The number of rotatable bonds is 6. The fourth-order valence-electron chi connectivity index (χ4n) is 2.98. The molecule has 0 unspecified atom stereocenters. The summed E-state index contributed by atoms with van der Waals surface area (Å²) in [6.45, 7) is 1.19. The van der Waals surface area contributed by atoms with Crippen molar-refractivity contribution in [2.75, 3.05) is 20.2 Å². The number of phenolic OH excluding ortho intramolecular Hbond substituents is 2. The Morgan fingerprint density at radius 3 is 2.24 bits per heavy atom. The number of hydrogen-bond donors (Lipinski definition) is 5. The van der Waals surface area contributed by atoms with Gasteiger partial charge in [0.2, 0.25) is 0 Å². The van der Waals surface area contributed by atoms with Crippen LogP contribution in [0.1, 0.15) is 21.5 Å². The van der Waals surface area contributed by atoms with Crippen LogP contribution in [0.4, 0.5) is 0 Å². The number of allylic oxidation sites excluding steroid dienone is 1. The number of ether oxygens (including phenoxy) is 1. The zero-order valence-electron chi connectivity index (χ0n) is 15.6. The smallest absolute Gasteiger partial charge is 0.328 e. The van der Waals surface area contributed by atoms with Crippen LogP contribution in [-0.2, 0) is 4.79 Å². The Labute approximate surface area is 166 Å². The van der Waals surface area contributed by atoms with Crippen LogP contribution in [0.3, 0.4) is 0 Å². The normalized spacial score (nSPS) is 13.1. The minimum atomic E-state index is -1.18. The number of carboxylic acid groups (broad SMARTS) is 1. The minimum Gasteiger partial charge on any atom is -0.504 e. The van der Waals surface area contributed by atoms with Crippen molar-refractivity contribution in [1.29, 1.82) is 0 Å². The summed E-state index contributed by atoms with van der Waals surface area (Å²) in [6, 6.07) is 8.99. The minimum absolute atomic E-state index is 0.216. The summed E-state index contributed by atoms with van der Waals surface area (Å²) in [7, 11) is 1.52. The van der Waals surface area contributed by atoms with Crippen molar-refractivity contribution in [3.8, 4) is 17.2 Å². The third-order valence-corrected chi connectivity index (χ3v) is 4.38. The molecular formula is C21H20N2O6. The number of hydrogen-bond acceptors (Lipinski definition) is 7. The highest BCUT2D eigenvalue weighted by atomic mass is 16.5.